The summed E-state index contributed by atoms with van der Waals surface area (Å²) in [6.07, 6.45) is 6.01. The molecule has 94 valence electrons. The minimum Gasteiger partial charge on any atom is -0.487 e. The fraction of sp³-hybridized carbons (Fsp3) is 0.600. The van der Waals surface area contributed by atoms with Crippen LogP contribution in [-0.4, -0.2) is 6.10 Å². The molecular weight excluding hydrogens is 215 g/mol. The number of ether oxygens (including phenoxy) is 1. The second-order valence-corrected chi connectivity index (χ2v) is 5.10. The number of benzene rings is 1. The van der Waals surface area contributed by atoms with E-state index in [4.69, 9.17) is 4.74 Å². The predicted molar refractivity (Wildman–Crippen MR) is 67.8 cm³/mol. The molecule has 17 heavy (non-hydrogen) atoms. The smallest absolute Gasteiger partial charge is 0.165 e. The molecule has 0 bridgehead atoms. The van der Waals surface area contributed by atoms with E-state index in [1.165, 1.54) is 25.3 Å². The molecule has 1 saturated carbocycles. The summed E-state index contributed by atoms with van der Waals surface area (Å²) in [5.41, 5.74) is 1.05. The number of halogens is 1. The van der Waals surface area contributed by atoms with Crippen LogP contribution in [0.4, 0.5) is 4.39 Å². The highest BCUT2D eigenvalue weighted by molar-refractivity contribution is 5.29. The Morgan fingerprint density at radius 3 is 2.59 bits per heavy atom. The minimum atomic E-state index is -0.242. The fourth-order valence-corrected chi connectivity index (χ4v) is 2.54. The molecule has 1 aliphatic rings. The summed E-state index contributed by atoms with van der Waals surface area (Å²) in [5.74, 6) is 1.02. The molecule has 0 radical (unpaired) electrons. The highest BCUT2D eigenvalue weighted by Gasteiger charge is 2.22. The van der Waals surface area contributed by atoms with Gasteiger partial charge in [0.1, 0.15) is 0 Å². The maximum atomic E-state index is 13.5. The summed E-state index contributed by atoms with van der Waals surface area (Å²) in [5, 5.41) is 0. The Morgan fingerprint density at radius 2 is 1.94 bits per heavy atom. The van der Waals surface area contributed by atoms with Gasteiger partial charge in [0.2, 0.25) is 0 Å². The van der Waals surface area contributed by atoms with E-state index in [0.717, 1.165) is 24.3 Å². The van der Waals surface area contributed by atoms with Crippen LogP contribution in [0.5, 0.6) is 5.75 Å². The first-order valence-electron chi connectivity index (χ1n) is 6.62. The molecule has 1 aromatic rings. The predicted octanol–water partition coefficient (Wildman–Crippen LogP) is 4.48. The Hall–Kier alpha value is -1.05. The quantitative estimate of drug-likeness (QED) is 0.751. The van der Waals surface area contributed by atoms with Gasteiger partial charge in [0.25, 0.3) is 0 Å². The second kappa shape index (κ2) is 5.52. The van der Waals surface area contributed by atoms with Crippen LogP contribution in [0.25, 0.3) is 0 Å². The average molecular weight is 236 g/mol. The SMILES string of the molecule is CCC1CCC(Oc2cc(C)ccc2F)CC1. The van der Waals surface area contributed by atoms with Crippen molar-refractivity contribution in [2.24, 2.45) is 5.92 Å². The third kappa shape index (κ3) is 3.21. The topological polar surface area (TPSA) is 9.23 Å². The summed E-state index contributed by atoms with van der Waals surface area (Å²) in [4.78, 5) is 0. The number of aryl methyl sites for hydroxylation is 1. The third-order valence-electron chi connectivity index (χ3n) is 3.75. The van der Waals surface area contributed by atoms with Gasteiger partial charge in [-0.3, -0.25) is 0 Å². The van der Waals surface area contributed by atoms with Crippen molar-refractivity contribution in [3.05, 3.63) is 29.6 Å². The van der Waals surface area contributed by atoms with Crippen LogP contribution in [0, 0.1) is 18.7 Å². The highest BCUT2D eigenvalue weighted by Crippen LogP contribution is 2.30. The van der Waals surface area contributed by atoms with Crippen LogP contribution < -0.4 is 4.74 Å². The molecule has 0 aliphatic heterocycles. The number of rotatable bonds is 3. The van der Waals surface area contributed by atoms with E-state index < -0.39 is 0 Å². The zero-order chi connectivity index (χ0) is 12.3. The van der Waals surface area contributed by atoms with Crippen LogP contribution >= 0.6 is 0 Å². The van der Waals surface area contributed by atoms with Gasteiger partial charge in [0.05, 0.1) is 6.10 Å². The summed E-state index contributed by atoms with van der Waals surface area (Å²) in [6, 6.07) is 5.06. The van der Waals surface area contributed by atoms with Crippen LogP contribution in [0.2, 0.25) is 0 Å². The molecule has 0 N–H and O–H groups in total. The van der Waals surface area contributed by atoms with E-state index in [1.54, 1.807) is 12.1 Å². The Bertz CT molecular complexity index is 367. The largest absolute Gasteiger partial charge is 0.487 e. The van der Waals surface area contributed by atoms with E-state index in [9.17, 15) is 4.39 Å². The summed E-state index contributed by atoms with van der Waals surface area (Å²) < 4.78 is 19.3. The van der Waals surface area contributed by atoms with Crippen molar-refractivity contribution in [1.82, 2.24) is 0 Å². The van der Waals surface area contributed by atoms with Gasteiger partial charge < -0.3 is 4.74 Å². The molecule has 1 aliphatic carbocycles. The lowest BCUT2D eigenvalue weighted by Crippen LogP contribution is -2.24. The minimum absolute atomic E-state index is 0.203. The first-order valence-corrected chi connectivity index (χ1v) is 6.62. The molecular formula is C15H21FO. The summed E-state index contributed by atoms with van der Waals surface area (Å²) in [7, 11) is 0. The molecule has 1 aromatic carbocycles. The van der Waals surface area contributed by atoms with Gasteiger partial charge in [0, 0.05) is 0 Å². The Labute approximate surface area is 103 Å². The fourth-order valence-electron chi connectivity index (χ4n) is 2.54. The van der Waals surface area contributed by atoms with E-state index in [1.807, 2.05) is 6.92 Å². The van der Waals surface area contributed by atoms with Crippen LogP contribution in [-0.2, 0) is 0 Å². The Balaban J connectivity index is 1.95. The molecule has 0 heterocycles. The second-order valence-electron chi connectivity index (χ2n) is 5.10. The van der Waals surface area contributed by atoms with Gasteiger partial charge in [-0.25, -0.2) is 4.39 Å². The highest BCUT2D eigenvalue weighted by atomic mass is 19.1. The van der Waals surface area contributed by atoms with Crippen molar-refractivity contribution >= 4 is 0 Å². The standard InChI is InChI=1S/C15H21FO/c1-3-12-5-7-13(8-6-12)17-15-10-11(2)4-9-14(15)16/h4,9-10,12-13H,3,5-8H2,1-2H3. The van der Waals surface area contributed by atoms with Gasteiger partial charge in [0.15, 0.2) is 11.6 Å². The lowest BCUT2D eigenvalue weighted by atomic mass is 9.86. The van der Waals surface area contributed by atoms with Crippen LogP contribution in [0.3, 0.4) is 0 Å². The molecule has 1 nitrogen and oxygen atoms in total. The van der Waals surface area contributed by atoms with Gasteiger partial charge in [-0.2, -0.15) is 0 Å². The molecule has 0 amide bonds. The van der Waals surface area contributed by atoms with Crippen molar-refractivity contribution < 1.29 is 9.13 Å². The Morgan fingerprint density at radius 1 is 1.24 bits per heavy atom. The molecule has 2 rings (SSSR count). The van der Waals surface area contributed by atoms with Crippen molar-refractivity contribution in [3.63, 3.8) is 0 Å². The van der Waals surface area contributed by atoms with Gasteiger partial charge >= 0.3 is 0 Å². The lowest BCUT2D eigenvalue weighted by molar-refractivity contribution is 0.125. The molecule has 0 saturated heterocycles. The number of hydrogen-bond acceptors (Lipinski definition) is 1. The van der Waals surface area contributed by atoms with Gasteiger partial charge in [-0.1, -0.05) is 19.4 Å². The van der Waals surface area contributed by atoms with Crippen molar-refractivity contribution in [3.8, 4) is 5.75 Å². The molecule has 0 aromatic heterocycles. The van der Waals surface area contributed by atoms with Gasteiger partial charge in [-0.05, 0) is 56.2 Å². The maximum absolute atomic E-state index is 13.5. The molecule has 2 heteroatoms. The zero-order valence-corrected chi connectivity index (χ0v) is 10.7. The van der Waals surface area contributed by atoms with Crippen LogP contribution in [0.15, 0.2) is 18.2 Å². The average Bonchev–Trinajstić information content (AvgIpc) is 2.35. The third-order valence-corrected chi connectivity index (χ3v) is 3.75. The lowest BCUT2D eigenvalue weighted by Gasteiger charge is -2.28. The first-order chi connectivity index (χ1) is 8.19. The van der Waals surface area contributed by atoms with Crippen molar-refractivity contribution in [2.75, 3.05) is 0 Å². The van der Waals surface area contributed by atoms with Gasteiger partial charge in [-0.15, -0.1) is 0 Å². The normalized spacial score (nSPS) is 24.6. The van der Waals surface area contributed by atoms with E-state index in [2.05, 4.69) is 6.92 Å². The van der Waals surface area contributed by atoms with Crippen molar-refractivity contribution in [2.45, 2.75) is 52.1 Å². The monoisotopic (exact) mass is 236 g/mol. The zero-order valence-electron chi connectivity index (χ0n) is 10.7. The summed E-state index contributed by atoms with van der Waals surface area (Å²) >= 11 is 0. The van der Waals surface area contributed by atoms with E-state index in [-0.39, 0.29) is 11.9 Å². The molecule has 0 unspecified atom stereocenters. The molecule has 0 atom stereocenters. The molecule has 0 spiro atoms. The summed E-state index contributed by atoms with van der Waals surface area (Å²) in [6.45, 7) is 4.20. The maximum Gasteiger partial charge on any atom is 0.165 e. The number of hydrogen-bond donors (Lipinski definition) is 0. The van der Waals surface area contributed by atoms with E-state index >= 15 is 0 Å². The van der Waals surface area contributed by atoms with Crippen LogP contribution in [0.1, 0.15) is 44.6 Å². The molecule has 1 fully saturated rings. The van der Waals surface area contributed by atoms with Crippen molar-refractivity contribution in [1.29, 1.82) is 0 Å². The van der Waals surface area contributed by atoms with E-state index in [0.29, 0.717) is 5.75 Å². The first kappa shape index (κ1) is 12.4. The Kier molecular flexibility index (Phi) is 4.03.